The Kier molecular flexibility index (Phi) is 5.21. The number of carbonyl (C=O) groups is 1. The topological polar surface area (TPSA) is 77.6 Å². The standard InChI is InChI=1S/C21H26N6OS/c1-14-23-24-20(26(14)15-10-11-15)29-13-19(28)22-18-12-17(21(2,3)4)25-27(18)16-8-6-5-7-9-16/h5-9,12,15H,10-11,13H2,1-4H3,(H,22,28). The zero-order valence-electron chi connectivity index (χ0n) is 17.2. The SMILES string of the molecule is Cc1nnc(SCC(=O)Nc2cc(C(C)(C)C)nn2-c2ccccc2)n1C1CC1. The Labute approximate surface area is 174 Å². The summed E-state index contributed by atoms with van der Waals surface area (Å²) in [6.45, 7) is 8.29. The second kappa shape index (κ2) is 7.67. The summed E-state index contributed by atoms with van der Waals surface area (Å²) >= 11 is 1.43. The Hall–Kier alpha value is -2.61. The summed E-state index contributed by atoms with van der Waals surface area (Å²) in [6, 6.07) is 12.3. The molecule has 0 radical (unpaired) electrons. The highest BCUT2D eigenvalue weighted by Gasteiger charge is 2.28. The molecule has 2 aromatic heterocycles. The average molecular weight is 411 g/mol. The zero-order valence-corrected chi connectivity index (χ0v) is 18.0. The summed E-state index contributed by atoms with van der Waals surface area (Å²) in [7, 11) is 0. The van der Waals surface area contributed by atoms with Gasteiger partial charge in [0.15, 0.2) is 5.16 Å². The second-order valence-electron chi connectivity index (χ2n) is 8.38. The molecule has 3 aromatic rings. The lowest BCUT2D eigenvalue weighted by molar-refractivity contribution is -0.113. The Morgan fingerprint density at radius 1 is 1.21 bits per heavy atom. The fourth-order valence-electron chi connectivity index (χ4n) is 3.11. The summed E-state index contributed by atoms with van der Waals surface area (Å²) in [5.41, 5.74) is 1.72. The van der Waals surface area contributed by atoms with E-state index >= 15 is 0 Å². The Morgan fingerprint density at radius 3 is 2.59 bits per heavy atom. The lowest BCUT2D eigenvalue weighted by Gasteiger charge is -2.14. The first-order chi connectivity index (χ1) is 13.8. The van der Waals surface area contributed by atoms with E-state index < -0.39 is 0 Å². The van der Waals surface area contributed by atoms with Gasteiger partial charge >= 0.3 is 0 Å². The Balaban J connectivity index is 1.51. The van der Waals surface area contributed by atoms with Crippen LogP contribution in [0.1, 0.15) is 51.2 Å². The van der Waals surface area contributed by atoms with Gasteiger partial charge in [-0.05, 0) is 31.9 Å². The molecule has 4 rings (SSSR count). The molecule has 0 atom stereocenters. The van der Waals surface area contributed by atoms with Crippen molar-refractivity contribution in [1.82, 2.24) is 24.5 Å². The van der Waals surface area contributed by atoms with E-state index in [0.717, 1.165) is 35.2 Å². The molecule has 8 heteroatoms. The minimum absolute atomic E-state index is 0.0875. The molecule has 1 fully saturated rings. The van der Waals surface area contributed by atoms with Crippen LogP contribution in [0.4, 0.5) is 5.82 Å². The molecule has 0 bridgehead atoms. The molecule has 1 amide bonds. The Bertz CT molecular complexity index is 1010. The quantitative estimate of drug-likeness (QED) is 0.618. The number of nitrogens with one attached hydrogen (secondary N) is 1. The van der Waals surface area contributed by atoms with Crippen molar-refractivity contribution >= 4 is 23.5 Å². The predicted molar refractivity (Wildman–Crippen MR) is 115 cm³/mol. The van der Waals surface area contributed by atoms with Crippen LogP contribution in [0.25, 0.3) is 5.69 Å². The highest BCUT2D eigenvalue weighted by atomic mass is 32.2. The van der Waals surface area contributed by atoms with Crippen LogP contribution in [-0.4, -0.2) is 36.2 Å². The monoisotopic (exact) mass is 410 g/mol. The summed E-state index contributed by atoms with van der Waals surface area (Å²) in [5.74, 6) is 1.77. The maximum absolute atomic E-state index is 12.7. The lowest BCUT2D eigenvalue weighted by atomic mass is 9.92. The highest BCUT2D eigenvalue weighted by Crippen LogP contribution is 2.38. The van der Waals surface area contributed by atoms with Crippen LogP contribution in [0.5, 0.6) is 0 Å². The van der Waals surface area contributed by atoms with Crippen LogP contribution >= 0.6 is 11.8 Å². The molecule has 152 valence electrons. The van der Waals surface area contributed by atoms with Crippen molar-refractivity contribution in [3.63, 3.8) is 0 Å². The number of anilines is 1. The molecule has 1 aromatic carbocycles. The molecule has 29 heavy (non-hydrogen) atoms. The van der Waals surface area contributed by atoms with Crippen molar-refractivity contribution in [1.29, 1.82) is 0 Å². The molecule has 1 aliphatic rings. The van der Waals surface area contributed by atoms with E-state index in [1.54, 1.807) is 4.68 Å². The maximum atomic E-state index is 12.7. The van der Waals surface area contributed by atoms with Crippen LogP contribution in [-0.2, 0) is 10.2 Å². The number of aryl methyl sites for hydroxylation is 1. The second-order valence-corrected chi connectivity index (χ2v) is 9.32. The van der Waals surface area contributed by atoms with Crippen molar-refractivity contribution in [2.24, 2.45) is 0 Å². The Morgan fingerprint density at radius 2 is 1.93 bits per heavy atom. The molecule has 2 heterocycles. The highest BCUT2D eigenvalue weighted by molar-refractivity contribution is 7.99. The fourth-order valence-corrected chi connectivity index (χ4v) is 3.96. The van der Waals surface area contributed by atoms with E-state index in [9.17, 15) is 4.79 Å². The van der Waals surface area contributed by atoms with Crippen molar-refractivity contribution in [2.45, 2.75) is 57.1 Å². The summed E-state index contributed by atoms with van der Waals surface area (Å²) in [4.78, 5) is 12.7. The van der Waals surface area contributed by atoms with Gasteiger partial charge in [0, 0.05) is 17.5 Å². The van der Waals surface area contributed by atoms with Gasteiger partial charge < -0.3 is 9.88 Å². The van der Waals surface area contributed by atoms with E-state index in [-0.39, 0.29) is 17.1 Å². The van der Waals surface area contributed by atoms with E-state index in [1.807, 2.05) is 43.3 Å². The van der Waals surface area contributed by atoms with Gasteiger partial charge in [0.1, 0.15) is 11.6 Å². The van der Waals surface area contributed by atoms with Gasteiger partial charge in [-0.15, -0.1) is 10.2 Å². The first-order valence-electron chi connectivity index (χ1n) is 9.83. The van der Waals surface area contributed by atoms with Crippen LogP contribution in [0, 0.1) is 6.92 Å². The zero-order chi connectivity index (χ0) is 20.6. The number of nitrogens with zero attached hydrogens (tertiary/aromatic N) is 5. The first-order valence-corrected chi connectivity index (χ1v) is 10.8. The van der Waals surface area contributed by atoms with Gasteiger partial charge in [0.25, 0.3) is 0 Å². The predicted octanol–water partition coefficient (Wildman–Crippen LogP) is 4.14. The third-order valence-corrected chi connectivity index (χ3v) is 5.77. The van der Waals surface area contributed by atoms with Crippen LogP contribution in [0.2, 0.25) is 0 Å². The number of rotatable bonds is 6. The summed E-state index contributed by atoms with van der Waals surface area (Å²) in [6.07, 6.45) is 2.31. The van der Waals surface area contributed by atoms with Gasteiger partial charge in [-0.3, -0.25) is 4.79 Å². The van der Waals surface area contributed by atoms with Crippen molar-refractivity contribution in [2.75, 3.05) is 11.1 Å². The molecule has 0 aliphatic heterocycles. The molecule has 1 N–H and O–H groups in total. The van der Waals surface area contributed by atoms with E-state index in [4.69, 9.17) is 5.10 Å². The van der Waals surface area contributed by atoms with Crippen LogP contribution < -0.4 is 5.32 Å². The lowest BCUT2D eigenvalue weighted by Crippen LogP contribution is -2.17. The molecule has 7 nitrogen and oxygen atoms in total. The molecular formula is C21H26N6OS. The molecule has 0 spiro atoms. The van der Waals surface area contributed by atoms with Crippen molar-refractivity contribution in [3.8, 4) is 5.69 Å². The smallest absolute Gasteiger partial charge is 0.236 e. The summed E-state index contributed by atoms with van der Waals surface area (Å²) in [5, 5.41) is 17.0. The van der Waals surface area contributed by atoms with Gasteiger partial charge in [0.05, 0.1) is 17.1 Å². The number of benzene rings is 1. The normalized spacial score (nSPS) is 14.2. The van der Waals surface area contributed by atoms with Gasteiger partial charge in [-0.2, -0.15) is 5.10 Å². The van der Waals surface area contributed by atoms with Crippen LogP contribution in [0.15, 0.2) is 41.6 Å². The minimum atomic E-state index is -0.119. The fraction of sp³-hybridized carbons (Fsp3) is 0.429. The number of hydrogen-bond donors (Lipinski definition) is 1. The number of thioether (sulfide) groups is 1. The summed E-state index contributed by atoms with van der Waals surface area (Å²) < 4.78 is 3.93. The number of para-hydroxylation sites is 1. The number of carbonyl (C=O) groups excluding carboxylic acids is 1. The number of hydrogen-bond acceptors (Lipinski definition) is 5. The van der Waals surface area contributed by atoms with Crippen molar-refractivity contribution < 1.29 is 4.79 Å². The van der Waals surface area contributed by atoms with Gasteiger partial charge in [-0.25, -0.2) is 4.68 Å². The van der Waals surface area contributed by atoms with Crippen molar-refractivity contribution in [3.05, 3.63) is 47.9 Å². The third kappa shape index (κ3) is 4.37. The molecular weight excluding hydrogens is 384 g/mol. The van der Waals surface area contributed by atoms with Gasteiger partial charge in [0.2, 0.25) is 5.91 Å². The molecule has 1 aliphatic carbocycles. The maximum Gasteiger partial charge on any atom is 0.236 e. The largest absolute Gasteiger partial charge is 0.310 e. The van der Waals surface area contributed by atoms with Crippen LogP contribution in [0.3, 0.4) is 0 Å². The number of aromatic nitrogens is 5. The molecule has 0 saturated heterocycles. The van der Waals surface area contributed by atoms with E-state index in [0.29, 0.717) is 11.9 Å². The van der Waals surface area contributed by atoms with E-state index in [2.05, 4.69) is 40.9 Å². The third-order valence-electron chi connectivity index (χ3n) is 4.83. The minimum Gasteiger partial charge on any atom is -0.310 e. The average Bonchev–Trinajstić information content (AvgIpc) is 3.31. The first kappa shape index (κ1) is 19.7. The van der Waals surface area contributed by atoms with E-state index in [1.165, 1.54) is 11.8 Å². The molecule has 0 unspecified atom stereocenters. The molecule has 1 saturated carbocycles. The number of amides is 1. The van der Waals surface area contributed by atoms with Gasteiger partial charge in [-0.1, -0.05) is 50.7 Å².